The highest BCUT2D eigenvalue weighted by Crippen LogP contribution is 2.30. The van der Waals surface area contributed by atoms with Crippen molar-refractivity contribution in [3.05, 3.63) is 64.2 Å². The van der Waals surface area contributed by atoms with Crippen molar-refractivity contribution in [2.75, 3.05) is 24.2 Å². The van der Waals surface area contributed by atoms with Crippen LogP contribution in [-0.2, 0) is 26.0 Å². The van der Waals surface area contributed by atoms with E-state index in [-0.39, 0.29) is 12.3 Å². The van der Waals surface area contributed by atoms with Gasteiger partial charge in [-0.25, -0.2) is 8.42 Å². The van der Waals surface area contributed by atoms with Crippen LogP contribution in [0.5, 0.6) is 0 Å². The quantitative estimate of drug-likeness (QED) is 0.682. The number of ether oxygens (including phenoxy) is 1. The van der Waals surface area contributed by atoms with Gasteiger partial charge in [0, 0.05) is 17.1 Å². The van der Waals surface area contributed by atoms with E-state index in [2.05, 4.69) is 5.32 Å². The molecule has 1 aliphatic rings. The van der Waals surface area contributed by atoms with Crippen molar-refractivity contribution in [3.8, 4) is 0 Å². The Balaban J connectivity index is 1.85. The largest absolute Gasteiger partial charge is 0.469 e. The number of benzene rings is 2. The third-order valence-corrected chi connectivity index (χ3v) is 6.43. The summed E-state index contributed by atoms with van der Waals surface area (Å²) in [4.78, 5) is 24.7. The Morgan fingerprint density at radius 1 is 1.20 bits per heavy atom. The fraction of sp³-hybridized carbons (Fsp3) is 0.333. The molecular formula is C21H23ClN2O5S. The molecule has 30 heavy (non-hydrogen) atoms. The third-order valence-electron chi connectivity index (χ3n) is 4.99. The van der Waals surface area contributed by atoms with E-state index in [1.807, 2.05) is 0 Å². The number of carbonyl (C=O) groups is 2. The summed E-state index contributed by atoms with van der Waals surface area (Å²) in [5, 5.41) is 3.42. The number of methoxy groups -OCH3 is 1. The van der Waals surface area contributed by atoms with Gasteiger partial charge in [0.2, 0.25) is 10.0 Å². The number of nitrogens with one attached hydrogen (secondary N) is 1. The molecule has 1 amide bonds. The average molecular weight is 451 g/mol. The number of aryl methyl sites for hydroxylation is 1. The lowest BCUT2D eigenvalue weighted by Gasteiger charge is -2.29. The van der Waals surface area contributed by atoms with Crippen LogP contribution >= 0.6 is 11.6 Å². The Bertz CT molecular complexity index is 1050. The van der Waals surface area contributed by atoms with Gasteiger partial charge in [-0.15, -0.1) is 0 Å². The highest BCUT2D eigenvalue weighted by atomic mass is 35.5. The minimum atomic E-state index is -3.38. The molecule has 160 valence electrons. The van der Waals surface area contributed by atoms with E-state index in [1.165, 1.54) is 17.7 Å². The number of carbonyl (C=O) groups excluding carboxylic acids is 2. The van der Waals surface area contributed by atoms with Crippen LogP contribution in [0.1, 0.15) is 40.4 Å². The Kier molecular flexibility index (Phi) is 6.67. The zero-order valence-electron chi connectivity index (χ0n) is 16.7. The van der Waals surface area contributed by atoms with Crippen molar-refractivity contribution < 1.29 is 22.7 Å². The summed E-state index contributed by atoms with van der Waals surface area (Å²) in [5.74, 6) is -0.817. The minimum absolute atomic E-state index is 0.0311. The molecule has 9 heteroatoms. The van der Waals surface area contributed by atoms with Crippen molar-refractivity contribution >= 4 is 39.2 Å². The summed E-state index contributed by atoms with van der Waals surface area (Å²) in [6, 6.07) is 11.2. The van der Waals surface area contributed by atoms with Crippen molar-refractivity contribution in [1.29, 1.82) is 0 Å². The molecule has 1 heterocycles. The van der Waals surface area contributed by atoms with Crippen LogP contribution in [0.4, 0.5) is 5.69 Å². The zero-order chi connectivity index (χ0) is 21.9. The number of anilines is 1. The van der Waals surface area contributed by atoms with Crippen LogP contribution in [0.25, 0.3) is 0 Å². The van der Waals surface area contributed by atoms with E-state index in [0.717, 1.165) is 11.1 Å². The maximum atomic E-state index is 12.9. The lowest BCUT2D eigenvalue weighted by atomic mass is 9.99. The summed E-state index contributed by atoms with van der Waals surface area (Å²) in [6.07, 6.45) is 2.51. The first-order valence-electron chi connectivity index (χ1n) is 9.43. The van der Waals surface area contributed by atoms with Crippen molar-refractivity contribution in [3.63, 3.8) is 0 Å². The molecule has 0 saturated carbocycles. The summed E-state index contributed by atoms with van der Waals surface area (Å²) < 4.78 is 30.2. The molecule has 0 aliphatic carbocycles. The molecule has 0 fully saturated rings. The summed E-state index contributed by atoms with van der Waals surface area (Å²) >= 11 is 5.94. The van der Waals surface area contributed by atoms with Gasteiger partial charge in [-0.3, -0.25) is 13.9 Å². The number of halogens is 1. The predicted octanol–water partition coefficient (Wildman–Crippen LogP) is 3.09. The van der Waals surface area contributed by atoms with Crippen LogP contribution in [-0.4, -0.2) is 40.2 Å². The average Bonchev–Trinajstić information content (AvgIpc) is 2.72. The van der Waals surface area contributed by atoms with Gasteiger partial charge in [0.25, 0.3) is 5.91 Å². The van der Waals surface area contributed by atoms with Crippen molar-refractivity contribution in [1.82, 2.24) is 5.32 Å². The third kappa shape index (κ3) is 5.12. The lowest BCUT2D eigenvalue weighted by Crippen LogP contribution is -2.35. The van der Waals surface area contributed by atoms with E-state index < -0.39 is 22.0 Å². The standard InChI is InChI=1S/C21H23ClN2O5S/c1-29-20(25)13-18(14-5-8-17(22)9-6-14)23-21(26)16-7-10-19-15(12-16)4-3-11-24(19)30(2,27)28/h5-10,12,18H,3-4,11,13H2,1-2H3,(H,23,26). The molecule has 1 atom stereocenters. The number of nitrogens with zero attached hydrogens (tertiary/aromatic N) is 1. The molecule has 2 aromatic carbocycles. The molecule has 1 N–H and O–H groups in total. The van der Waals surface area contributed by atoms with Crippen LogP contribution in [0, 0.1) is 0 Å². The van der Waals surface area contributed by atoms with Gasteiger partial charge in [-0.05, 0) is 54.3 Å². The molecule has 1 unspecified atom stereocenters. The van der Waals surface area contributed by atoms with Gasteiger partial charge < -0.3 is 10.1 Å². The summed E-state index contributed by atoms with van der Waals surface area (Å²) in [7, 11) is -2.08. The predicted molar refractivity (Wildman–Crippen MR) is 115 cm³/mol. The SMILES string of the molecule is COC(=O)CC(NC(=O)c1ccc2c(c1)CCCN2S(C)(=O)=O)c1ccc(Cl)cc1. The van der Waals surface area contributed by atoms with Gasteiger partial charge >= 0.3 is 5.97 Å². The Morgan fingerprint density at radius 2 is 1.90 bits per heavy atom. The van der Waals surface area contributed by atoms with E-state index in [0.29, 0.717) is 35.7 Å². The molecule has 0 radical (unpaired) electrons. The molecular weight excluding hydrogens is 428 g/mol. The van der Waals surface area contributed by atoms with Gasteiger partial charge in [-0.2, -0.15) is 0 Å². The first-order chi connectivity index (χ1) is 14.2. The molecule has 0 bridgehead atoms. The highest BCUT2D eigenvalue weighted by molar-refractivity contribution is 7.92. The Labute approximate surface area is 181 Å². The van der Waals surface area contributed by atoms with Crippen molar-refractivity contribution in [2.45, 2.75) is 25.3 Å². The van der Waals surface area contributed by atoms with Gasteiger partial charge in [-0.1, -0.05) is 23.7 Å². The molecule has 0 aromatic heterocycles. The fourth-order valence-corrected chi connectivity index (χ4v) is 4.61. The number of sulfonamides is 1. The summed E-state index contributed by atoms with van der Waals surface area (Å²) in [5.41, 5.74) is 2.52. The number of rotatable bonds is 6. The van der Waals surface area contributed by atoms with Crippen LogP contribution in [0.3, 0.4) is 0 Å². The van der Waals surface area contributed by atoms with E-state index >= 15 is 0 Å². The minimum Gasteiger partial charge on any atom is -0.469 e. The second-order valence-corrected chi connectivity index (χ2v) is 9.48. The van der Waals surface area contributed by atoms with Crippen LogP contribution in [0.15, 0.2) is 42.5 Å². The Morgan fingerprint density at radius 3 is 2.53 bits per heavy atom. The first-order valence-corrected chi connectivity index (χ1v) is 11.7. The number of hydrogen-bond acceptors (Lipinski definition) is 5. The fourth-order valence-electron chi connectivity index (χ4n) is 3.49. The molecule has 7 nitrogen and oxygen atoms in total. The highest BCUT2D eigenvalue weighted by Gasteiger charge is 2.25. The van der Waals surface area contributed by atoms with Gasteiger partial charge in [0.15, 0.2) is 0 Å². The normalized spacial score (nSPS) is 14.6. The molecule has 0 spiro atoms. The van der Waals surface area contributed by atoms with E-state index in [4.69, 9.17) is 16.3 Å². The molecule has 2 aromatic rings. The zero-order valence-corrected chi connectivity index (χ0v) is 18.3. The number of hydrogen-bond donors (Lipinski definition) is 1. The van der Waals surface area contributed by atoms with Gasteiger partial charge in [0.1, 0.15) is 0 Å². The first kappa shape index (κ1) is 22.1. The van der Waals surface area contributed by atoms with E-state index in [1.54, 1.807) is 42.5 Å². The molecule has 3 rings (SSSR count). The van der Waals surface area contributed by atoms with Crippen LogP contribution in [0.2, 0.25) is 5.02 Å². The molecule has 0 saturated heterocycles. The lowest BCUT2D eigenvalue weighted by molar-refractivity contribution is -0.141. The van der Waals surface area contributed by atoms with Crippen LogP contribution < -0.4 is 9.62 Å². The maximum Gasteiger partial charge on any atom is 0.307 e. The monoisotopic (exact) mass is 450 g/mol. The molecule has 1 aliphatic heterocycles. The Hall–Kier alpha value is -2.58. The second-order valence-electron chi connectivity index (χ2n) is 7.14. The maximum absolute atomic E-state index is 12.9. The second kappa shape index (κ2) is 9.06. The van der Waals surface area contributed by atoms with Gasteiger partial charge in [0.05, 0.1) is 31.5 Å². The number of esters is 1. The van der Waals surface area contributed by atoms with Crippen molar-refractivity contribution in [2.24, 2.45) is 0 Å². The summed E-state index contributed by atoms with van der Waals surface area (Å²) in [6.45, 7) is 0.426. The topological polar surface area (TPSA) is 92.8 Å². The smallest absolute Gasteiger partial charge is 0.307 e. The van der Waals surface area contributed by atoms with E-state index in [9.17, 15) is 18.0 Å². The number of amides is 1. The number of fused-ring (bicyclic) bond motifs is 1.